The van der Waals surface area contributed by atoms with Crippen LogP contribution in [0.15, 0.2) is 77.7 Å². The maximum Gasteiger partial charge on any atom is 0.265 e. The van der Waals surface area contributed by atoms with Gasteiger partial charge in [-0.1, -0.05) is 74.5 Å². The minimum atomic E-state index is -3.82. The Bertz CT molecular complexity index is 1290. The van der Waals surface area contributed by atoms with Gasteiger partial charge in [0.2, 0.25) is 10.0 Å². The van der Waals surface area contributed by atoms with Crippen molar-refractivity contribution < 1.29 is 23.4 Å². The number of sulfonamides is 1. The van der Waals surface area contributed by atoms with Gasteiger partial charge in [0.1, 0.15) is 0 Å². The molecule has 4 N–H and O–H groups in total. The lowest BCUT2D eigenvalue weighted by molar-refractivity contribution is 0.0978. The third kappa shape index (κ3) is 10.6. The van der Waals surface area contributed by atoms with Crippen LogP contribution in [0.2, 0.25) is 0 Å². The Morgan fingerprint density at radius 3 is 2.28 bits per heavy atom. The number of hydrogen-bond acceptors (Lipinski definition) is 7. The maximum absolute atomic E-state index is 12.8. The fraction of sp³-hybridized carbons (Fsp3) is 0.345. The highest BCUT2D eigenvalue weighted by Crippen LogP contribution is 2.32. The second-order valence-electron chi connectivity index (χ2n) is 9.28. The molecule has 1 atom stereocenters. The van der Waals surface area contributed by atoms with E-state index in [2.05, 4.69) is 22.2 Å². The minimum absolute atomic E-state index is 0. The van der Waals surface area contributed by atoms with Gasteiger partial charge in [0.25, 0.3) is 5.91 Å². The molecule has 0 aromatic heterocycles. The maximum atomic E-state index is 12.8. The molecule has 1 amide bonds. The quantitative estimate of drug-likeness (QED) is 0.160. The molecule has 0 bridgehead atoms. The number of benzene rings is 3. The predicted molar refractivity (Wildman–Crippen MR) is 161 cm³/mol. The summed E-state index contributed by atoms with van der Waals surface area (Å²) in [7, 11) is -3.82. The van der Waals surface area contributed by atoms with E-state index < -0.39 is 22.0 Å². The average Bonchev–Trinajstić information content (AvgIpc) is 2.90. The second kappa shape index (κ2) is 16.0. The van der Waals surface area contributed by atoms with Crippen LogP contribution in [0, 0.1) is 0 Å². The number of aliphatic hydroxyl groups is 2. The highest BCUT2D eigenvalue weighted by atomic mass is 35.5. The van der Waals surface area contributed by atoms with Crippen molar-refractivity contribution in [2.75, 3.05) is 25.4 Å². The van der Waals surface area contributed by atoms with E-state index in [4.69, 9.17) is 5.11 Å². The number of amides is 1. The molecule has 3 rings (SSSR count). The lowest BCUT2D eigenvalue weighted by atomic mass is 10.0. The number of rotatable bonds is 14. The van der Waals surface area contributed by atoms with E-state index in [-0.39, 0.29) is 36.4 Å². The smallest absolute Gasteiger partial charge is 0.265 e. The summed E-state index contributed by atoms with van der Waals surface area (Å²) in [5.41, 5.74) is 4.29. The summed E-state index contributed by atoms with van der Waals surface area (Å²) in [6.07, 6.45) is 0.346. The number of thioether (sulfide) groups is 1. The summed E-state index contributed by atoms with van der Waals surface area (Å²) < 4.78 is 26.4. The first-order chi connectivity index (χ1) is 18.2. The lowest BCUT2D eigenvalue weighted by Crippen LogP contribution is -2.33. The van der Waals surface area contributed by atoms with Gasteiger partial charge in [-0.05, 0) is 53.8 Å². The number of nitrogens with one attached hydrogen (secondary N) is 2. The zero-order chi connectivity index (χ0) is 27.5. The Kier molecular flexibility index (Phi) is 13.5. The molecule has 3 aromatic rings. The van der Waals surface area contributed by atoms with E-state index in [1.54, 1.807) is 6.07 Å². The monoisotopic (exact) mass is 592 g/mol. The van der Waals surface area contributed by atoms with Crippen molar-refractivity contribution >= 4 is 40.1 Å². The Hall–Kier alpha value is -2.40. The van der Waals surface area contributed by atoms with E-state index in [1.165, 1.54) is 11.8 Å². The van der Waals surface area contributed by atoms with Crippen molar-refractivity contribution in [1.82, 2.24) is 10.0 Å². The average molecular weight is 593 g/mol. The Balaban J connectivity index is 0.00000533. The van der Waals surface area contributed by atoms with Crippen LogP contribution < -0.4 is 10.0 Å². The van der Waals surface area contributed by atoms with Gasteiger partial charge in [0.05, 0.1) is 17.4 Å². The van der Waals surface area contributed by atoms with E-state index in [0.717, 1.165) is 35.2 Å². The minimum Gasteiger partial charge on any atom is -0.396 e. The number of hydrogen-bond donors (Lipinski definition) is 4. The Morgan fingerprint density at radius 1 is 0.974 bits per heavy atom. The molecular weight excluding hydrogens is 556 g/mol. The molecule has 0 saturated carbocycles. The van der Waals surface area contributed by atoms with E-state index in [1.807, 2.05) is 68.4 Å². The van der Waals surface area contributed by atoms with Crippen molar-refractivity contribution in [3.63, 3.8) is 0 Å². The third-order valence-corrected chi connectivity index (χ3v) is 8.19. The number of halogens is 1. The van der Waals surface area contributed by atoms with Crippen LogP contribution in [-0.2, 0) is 16.4 Å². The van der Waals surface area contributed by atoms with Crippen LogP contribution in [0.3, 0.4) is 0 Å². The van der Waals surface area contributed by atoms with Crippen LogP contribution in [0.4, 0.5) is 0 Å². The van der Waals surface area contributed by atoms with E-state index in [9.17, 15) is 18.3 Å². The molecule has 0 fully saturated rings. The van der Waals surface area contributed by atoms with Gasteiger partial charge >= 0.3 is 0 Å². The number of carbonyl (C=O) groups excluding carboxylic acids is 1. The number of aliphatic hydroxyl groups excluding tert-OH is 2. The molecule has 0 saturated heterocycles. The van der Waals surface area contributed by atoms with E-state index in [0.29, 0.717) is 17.0 Å². The zero-order valence-electron chi connectivity index (χ0n) is 22.2. The first kappa shape index (κ1) is 32.8. The van der Waals surface area contributed by atoms with Crippen molar-refractivity contribution in [3.05, 3.63) is 89.5 Å². The predicted octanol–water partition coefficient (Wildman–Crippen LogP) is 4.58. The molecule has 0 aliphatic heterocycles. The summed E-state index contributed by atoms with van der Waals surface area (Å²) in [6.45, 7) is 4.99. The van der Waals surface area contributed by atoms with Crippen LogP contribution in [0.25, 0.3) is 11.1 Å². The molecule has 3 aromatic carbocycles. The molecule has 10 heteroatoms. The van der Waals surface area contributed by atoms with Crippen LogP contribution in [0.1, 0.15) is 47.9 Å². The first-order valence-electron chi connectivity index (χ1n) is 12.7. The third-order valence-electron chi connectivity index (χ3n) is 5.81. The molecule has 0 aliphatic carbocycles. The summed E-state index contributed by atoms with van der Waals surface area (Å²) in [6, 6.07) is 23.2. The largest absolute Gasteiger partial charge is 0.396 e. The van der Waals surface area contributed by atoms with Gasteiger partial charge in [-0.2, -0.15) is 0 Å². The highest BCUT2D eigenvalue weighted by Gasteiger charge is 2.20. The Morgan fingerprint density at radius 2 is 1.64 bits per heavy atom. The lowest BCUT2D eigenvalue weighted by Gasteiger charge is -2.14. The van der Waals surface area contributed by atoms with Crippen molar-refractivity contribution in [3.8, 4) is 11.1 Å². The molecule has 7 nitrogen and oxygen atoms in total. The fourth-order valence-corrected chi connectivity index (χ4v) is 5.87. The summed E-state index contributed by atoms with van der Waals surface area (Å²) >= 11 is 1.50. The molecule has 39 heavy (non-hydrogen) atoms. The molecule has 0 spiro atoms. The van der Waals surface area contributed by atoms with Gasteiger partial charge in [-0.15, -0.1) is 24.2 Å². The molecule has 212 valence electrons. The normalized spacial score (nSPS) is 12.1. The van der Waals surface area contributed by atoms with Crippen molar-refractivity contribution in [1.29, 1.82) is 0 Å². The highest BCUT2D eigenvalue weighted by molar-refractivity contribution is 8.00. The SMILES string of the molecule is CC(C)Sc1cc(-c2ccc(CCNC[C@H](O)c3ccccc3)cc2)ccc1C(=O)NS(=O)(=O)CCCO.Cl. The topological polar surface area (TPSA) is 116 Å². The second-order valence-corrected chi connectivity index (χ2v) is 12.7. The van der Waals surface area contributed by atoms with Gasteiger partial charge in [-0.3, -0.25) is 4.79 Å². The molecule has 0 unspecified atom stereocenters. The molecule has 0 aliphatic rings. The van der Waals surface area contributed by atoms with E-state index >= 15 is 0 Å². The summed E-state index contributed by atoms with van der Waals surface area (Å²) in [5.74, 6) is -0.979. The van der Waals surface area contributed by atoms with Crippen molar-refractivity contribution in [2.24, 2.45) is 0 Å². The van der Waals surface area contributed by atoms with Crippen LogP contribution in [0.5, 0.6) is 0 Å². The standard InChI is InChI=1S/C29H36N2O5S2.ClH/c1-21(2)37-28-19-25(13-14-26(28)29(34)31-38(35,36)18-6-17-32)23-11-9-22(10-12-23)15-16-30-20-27(33)24-7-4-3-5-8-24;/h3-5,7-14,19,21,27,30,32-33H,6,15-18,20H2,1-2H3,(H,31,34);1H/t27-;/m0./s1. The van der Waals surface area contributed by atoms with Crippen molar-refractivity contribution in [2.45, 2.75) is 42.9 Å². The first-order valence-corrected chi connectivity index (χ1v) is 15.2. The Labute approximate surface area is 241 Å². The van der Waals surface area contributed by atoms with Gasteiger partial charge in [-0.25, -0.2) is 13.1 Å². The summed E-state index contributed by atoms with van der Waals surface area (Å²) in [5, 5.41) is 22.7. The zero-order valence-corrected chi connectivity index (χ0v) is 24.6. The van der Waals surface area contributed by atoms with Crippen LogP contribution in [-0.4, -0.2) is 55.2 Å². The van der Waals surface area contributed by atoms with Crippen LogP contribution >= 0.6 is 24.2 Å². The molecular formula is C29H37ClN2O5S2. The van der Waals surface area contributed by atoms with Gasteiger partial charge in [0, 0.05) is 23.3 Å². The molecule has 0 radical (unpaired) electrons. The fourth-order valence-electron chi connectivity index (χ4n) is 3.87. The summed E-state index contributed by atoms with van der Waals surface area (Å²) in [4.78, 5) is 13.5. The van der Waals surface area contributed by atoms with Gasteiger partial charge in [0.15, 0.2) is 0 Å². The molecule has 0 heterocycles. The number of carbonyl (C=O) groups is 1. The van der Waals surface area contributed by atoms with Gasteiger partial charge < -0.3 is 15.5 Å².